The van der Waals surface area contributed by atoms with Crippen LogP contribution in [0.15, 0.2) is 83.7 Å². The Kier molecular flexibility index (Phi) is 5.31. The molecule has 0 atom stereocenters. The summed E-state index contributed by atoms with van der Waals surface area (Å²) < 4.78 is 7.39. The van der Waals surface area contributed by atoms with E-state index in [2.05, 4.69) is 71.6 Å². The highest BCUT2D eigenvalue weighted by atomic mass is 16.5. The Balaban J connectivity index is 1.72. The van der Waals surface area contributed by atoms with Crippen molar-refractivity contribution in [3.8, 4) is 22.3 Å². The van der Waals surface area contributed by atoms with Gasteiger partial charge in [0.2, 0.25) is 0 Å². The number of rotatable bonds is 4. The van der Waals surface area contributed by atoms with Crippen molar-refractivity contribution < 1.29 is 4.74 Å². The fraction of sp³-hybridized carbons (Fsp3) is 0.222. The van der Waals surface area contributed by atoms with E-state index in [0.717, 1.165) is 35.2 Å². The Hall–Kier alpha value is -3.37. The Morgan fingerprint density at radius 2 is 1.48 bits per heavy atom. The standard InChI is InChI=1S/C27H26N2O2/c1-2-29-25-13-12-21(23-11-7-6-10-22(23)20-8-4-3-5-9-20)18-24(25)26(19-27(29)30)28-14-16-31-17-15-28/h3-13,18-19H,2,14-17H2,1H3. The molecule has 1 aromatic heterocycles. The van der Waals surface area contributed by atoms with Crippen LogP contribution in [0.3, 0.4) is 0 Å². The maximum absolute atomic E-state index is 12.8. The summed E-state index contributed by atoms with van der Waals surface area (Å²) in [5.41, 5.74) is 6.79. The third-order valence-electron chi connectivity index (χ3n) is 6.08. The van der Waals surface area contributed by atoms with Gasteiger partial charge in [0.25, 0.3) is 5.56 Å². The average Bonchev–Trinajstić information content (AvgIpc) is 2.84. The number of aryl methyl sites for hydroxylation is 1. The van der Waals surface area contributed by atoms with E-state index in [0.29, 0.717) is 19.8 Å². The molecule has 1 fully saturated rings. The van der Waals surface area contributed by atoms with Crippen molar-refractivity contribution in [1.29, 1.82) is 0 Å². The van der Waals surface area contributed by atoms with Gasteiger partial charge in [-0.15, -0.1) is 0 Å². The van der Waals surface area contributed by atoms with Crippen LogP contribution in [0.4, 0.5) is 5.69 Å². The first kappa shape index (κ1) is 19.6. The number of hydrogen-bond donors (Lipinski definition) is 0. The molecule has 156 valence electrons. The molecule has 1 aliphatic heterocycles. The number of aromatic nitrogens is 1. The quantitative estimate of drug-likeness (QED) is 0.464. The number of benzene rings is 3. The van der Waals surface area contributed by atoms with E-state index in [1.54, 1.807) is 6.07 Å². The molecule has 0 unspecified atom stereocenters. The third-order valence-corrected chi connectivity index (χ3v) is 6.08. The Morgan fingerprint density at radius 3 is 2.19 bits per heavy atom. The smallest absolute Gasteiger partial charge is 0.253 e. The summed E-state index contributed by atoms with van der Waals surface area (Å²) in [7, 11) is 0. The second-order valence-electron chi connectivity index (χ2n) is 7.86. The monoisotopic (exact) mass is 410 g/mol. The van der Waals surface area contributed by atoms with Crippen LogP contribution in [0.1, 0.15) is 6.92 Å². The van der Waals surface area contributed by atoms with Gasteiger partial charge in [-0.3, -0.25) is 4.79 Å². The zero-order valence-electron chi connectivity index (χ0n) is 17.8. The molecular weight excluding hydrogens is 384 g/mol. The van der Waals surface area contributed by atoms with E-state index >= 15 is 0 Å². The highest BCUT2D eigenvalue weighted by Gasteiger charge is 2.18. The average molecular weight is 411 g/mol. The number of ether oxygens (including phenoxy) is 1. The van der Waals surface area contributed by atoms with Gasteiger partial charge in [-0.1, -0.05) is 60.7 Å². The minimum atomic E-state index is 0.0499. The number of anilines is 1. The molecule has 4 nitrogen and oxygen atoms in total. The molecule has 0 radical (unpaired) electrons. The van der Waals surface area contributed by atoms with Crippen molar-refractivity contribution >= 4 is 16.6 Å². The van der Waals surface area contributed by atoms with Crippen LogP contribution in [0, 0.1) is 0 Å². The number of morpholine rings is 1. The molecule has 1 saturated heterocycles. The van der Waals surface area contributed by atoms with Crippen LogP contribution in [0.5, 0.6) is 0 Å². The van der Waals surface area contributed by atoms with Crippen LogP contribution in [0.25, 0.3) is 33.2 Å². The summed E-state index contributed by atoms with van der Waals surface area (Å²) in [6.45, 7) is 5.65. The second-order valence-corrected chi connectivity index (χ2v) is 7.86. The highest BCUT2D eigenvalue weighted by Crippen LogP contribution is 2.35. The van der Waals surface area contributed by atoms with Gasteiger partial charge in [0.15, 0.2) is 0 Å². The number of nitrogens with zero attached hydrogens (tertiary/aromatic N) is 2. The molecule has 31 heavy (non-hydrogen) atoms. The van der Waals surface area contributed by atoms with E-state index in [1.165, 1.54) is 16.7 Å². The second kappa shape index (κ2) is 8.40. The van der Waals surface area contributed by atoms with Gasteiger partial charge in [0.05, 0.1) is 24.4 Å². The summed E-state index contributed by atoms with van der Waals surface area (Å²) in [6.07, 6.45) is 0. The largest absolute Gasteiger partial charge is 0.378 e. The predicted molar refractivity (Wildman–Crippen MR) is 128 cm³/mol. The van der Waals surface area contributed by atoms with Crippen LogP contribution < -0.4 is 10.5 Å². The number of hydrogen-bond acceptors (Lipinski definition) is 3. The summed E-state index contributed by atoms with van der Waals surface area (Å²) in [6, 6.07) is 27.3. The van der Waals surface area contributed by atoms with E-state index < -0.39 is 0 Å². The first-order valence-electron chi connectivity index (χ1n) is 10.9. The van der Waals surface area contributed by atoms with Gasteiger partial charge in [-0.05, 0) is 41.3 Å². The molecule has 5 rings (SSSR count). The van der Waals surface area contributed by atoms with Gasteiger partial charge in [0, 0.05) is 31.1 Å². The zero-order chi connectivity index (χ0) is 21.2. The zero-order valence-corrected chi connectivity index (χ0v) is 17.8. The van der Waals surface area contributed by atoms with Crippen molar-refractivity contribution in [1.82, 2.24) is 4.57 Å². The minimum Gasteiger partial charge on any atom is -0.378 e. The van der Waals surface area contributed by atoms with E-state index in [9.17, 15) is 4.79 Å². The molecule has 0 N–H and O–H groups in total. The molecule has 0 bridgehead atoms. The van der Waals surface area contributed by atoms with E-state index in [1.807, 2.05) is 17.6 Å². The van der Waals surface area contributed by atoms with Gasteiger partial charge in [0.1, 0.15) is 0 Å². The summed E-state index contributed by atoms with van der Waals surface area (Å²) in [4.78, 5) is 15.1. The molecule has 3 aromatic carbocycles. The van der Waals surface area contributed by atoms with Crippen molar-refractivity contribution in [2.45, 2.75) is 13.5 Å². The van der Waals surface area contributed by atoms with E-state index in [-0.39, 0.29) is 5.56 Å². The third kappa shape index (κ3) is 3.64. The topological polar surface area (TPSA) is 34.5 Å². The SMILES string of the molecule is CCn1c(=O)cc(N2CCOCC2)c2cc(-c3ccccc3-c3ccccc3)ccc21. The van der Waals surface area contributed by atoms with Crippen LogP contribution >= 0.6 is 0 Å². The predicted octanol–water partition coefficient (Wildman–Crippen LogP) is 5.19. The van der Waals surface area contributed by atoms with Crippen LogP contribution in [-0.4, -0.2) is 30.9 Å². The Bertz CT molecular complexity index is 1270. The molecule has 0 spiro atoms. The highest BCUT2D eigenvalue weighted by molar-refractivity contribution is 5.97. The molecule has 1 aliphatic rings. The molecule has 4 heteroatoms. The lowest BCUT2D eigenvalue weighted by Gasteiger charge is -2.30. The lowest BCUT2D eigenvalue weighted by molar-refractivity contribution is 0.123. The fourth-order valence-corrected chi connectivity index (χ4v) is 4.53. The van der Waals surface area contributed by atoms with Crippen molar-refractivity contribution in [2.75, 3.05) is 31.2 Å². The first-order chi connectivity index (χ1) is 15.3. The molecule has 0 aliphatic carbocycles. The maximum atomic E-state index is 12.8. The maximum Gasteiger partial charge on any atom is 0.253 e. The number of pyridine rings is 1. The summed E-state index contributed by atoms with van der Waals surface area (Å²) >= 11 is 0. The molecule has 4 aromatic rings. The molecular formula is C27H26N2O2. The lowest BCUT2D eigenvalue weighted by atomic mass is 9.93. The van der Waals surface area contributed by atoms with Crippen molar-refractivity contribution in [2.24, 2.45) is 0 Å². The number of fused-ring (bicyclic) bond motifs is 1. The first-order valence-corrected chi connectivity index (χ1v) is 10.9. The normalized spacial score (nSPS) is 14.2. The van der Waals surface area contributed by atoms with Gasteiger partial charge >= 0.3 is 0 Å². The minimum absolute atomic E-state index is 0.0499. The fourth-order valence-electron chi connectivity index (χ4n) is 4.53. The molecule has 0 amide bonds. The van der Waals surface area contributed by atoms with Crippen molar-refractivity contribution in [3.63, 3.8) is 0 Å². The van der Waals surface area contributed by atoms with Crippen LogP contribution in [-0.2, 0) is 11.3 Å². The van der Waals surface area contributed by atoms with E-state index in [4.69, 9.17) is 4.74 Å². The van der Waals surface area contributed by atoms with Gasteiger partial charge in [-0.25, -0.2) is 0 Å². The summed E-state index contributed by atoms with van der Waals surface area (Å²) in [5, 5.41) is 1.11. The molecule has 0 saturated carbocycles. The van der Waals surface area contributed by atoms with Crippen molar-refractivity contribution in [3.05, 3.63) is 89.2 Å². The Morgan fingerprint density at radius 1 is 0.806 bits per heavy atom. The van der Waals surface area contributed by atoms with Gasteiger partial charge < -0.3 is 14.2 Å². The Labute approximate surface area is 182 Å². The van der Waals surface area contributed by atoms with Crippen LogP contribution in [0.2, 0.25) is 0 Å². The summed E-state index contributed by atoms with van der Waals surface area (Å²) in [5.74, 6) is 0. The lowest BCUT2D eigenvalue weighted by Crippen LogP contribution is -2.37. The molecule has 2 heterocycles. The van der Waals surface area contributed by atoms with Gasteiger partial charge in [-0.2, -0.15) is 0 Å².